The molecular weight excluding hydrogens is 716 g/mol. The maximum Gasteiger partial charge on any atom is 0.303 e. The summed E-state index contributed by atoms with van der Waals surface area (Å²) < 4.78 is 62.0. The Morgan fingerprint density at radius 2 is 1.50 bits per heavy atom. The van der Waals surface area contributed by atoms with Crippen LogP contribution in [0.25, 0.3) is 0 Å². The van der Waals surface area contributed by atoms with E-state index in [0.717, 1.165) is 41.5 Å². The highest BCUT2D eigenvalue weighted by molar-refractivity contribution is 7.88. The van der Waals surface area contributed by atoms with Crippen LogP contribution in [0.3, 0.4) is 0 Å². The molecule has 0 aliphatic carbocycles. The van der Waals surface area contributed by atoms with Gasteiger partial charge in [0.05, 0.1) is 31.4 Å². The van der Waals surface area contributed by atoms with Gasteiger partial charge in [0.25, 0.3) is 0 Å². The van der Waals surface area contributed by atoms with Crippen LogP contribution in [0.2, 0.25) is 0 Å². The van der Waals surface area contributed by atoms with Gasteiger partial charge in [-0.2, -0.15) is 0 Å². The molecule has 3 atom stereocenters. The lowest BCUT2D eigenvalue weighted by Gasteiger charge is -2.48. The first kappa shape index (κ1) is 41.0. The van der Waals surface area contributed by atoms with Crippen molar-refractivity contribution in [3.8, 4) is 0 Å². The number of rotatable bonds is 17. The Bertz CT molecular complexity index is 1860. The molecule has 2 fully saturated rings. The number of aryl methyl sites for hydroxylation is 2. The summed E-state index contributed by atoms with van der Waals surface area (Å²) in [5.41, 5.74) is 3.62. The molecule has 2 aliphatic rings. The van der Waals surface area contributed by atoms with Gasteiger partial charge in [0.2, 0.25) is 15.9 Å². The van der Waals surface area contributed by atoms with Crippen LogP contribution in [0.5, 0.6) is 0 Å². The number of hydrogen-bond donors (Lipinski definition) is 1. The topological polar surface area (TPSA) is 138 Å². The minimum atomic E-state index is -3.25. The molecule has 1 amide bonds. The molecule has 1 N–H and O–H groups in total. The third-order valence-corrected chi connectivity index (χ3v) is 10.6. The number of sulfonamides is 1. The zero-order valence-corrected chi connectivity index (χ0v) is 32.5. The molecule has 2 heterocycles. The SMILES string of the molecule is CC(=O)O[C@@H](CCC1C(=O)N(c2ccc(CCCNS(C)(=O)=O)cc2)C1c1ccc(CCCC2(OC(C)=O)COC(C)(C)OC2)cc1)c1ccc(F)cc1. The first-order valence-electron chi connectivity index (χ1n) is 18.4. The number of anilines is 1. The van der Waals surface area contributed by atoms with Gasteiger partial charge in [-0.15, -0.1) is 0 Å². The van der Waals surface area contributed by atoms with E-state index in [-0.39, 0.29) is 31.1 Å². The predicted molar refractivity (Wildman–Crippen MR) is 201 cm³/mol. The van der Waals surface area contributed by atoms with Crippen LogP contribution in [0.15, 0.2) is 72.8 Å². The second-order valence-electron chi connectivity index (χ2n) is 14.8. The smallest absolute Gasteiger partial charge is 0.303 e. The van der Waals surface area contributed by atoms with E-state index < -0.39 is 45.2 Å². The van der Waals surface area contributed by atoms with Gasteiger partial charge >= 0.3 is 11.9 Å². The number of esters is 2. The summed E-state index contributed by atoms with van der Waals surface area (Å²) in [6.45, 7) is 7.23. The summed E-state index contributed by atoms with van der Waals surface area (Å²) in [6.07, 6.45) is 4.64. The lowest BCUT2D eigenvalue weighted by atomic mass is 9.78. The Kier molecular flexibility index (Phi) is 13.3. The largest absolute Gasteiger partial charge is 0.458 e. The second kappa shape index (κ2) is 17.5. The number of hydrogen-bond acceptors (Lipinski definition) is 9. The fourth-order valence-corrected chi connectivity index (χ4v) is 7.64. The molecule has 0 spiro atoms. The highest BCUT2D eigenvalue weighted by Gasteiger charge is 2.48. The Morgan fingerprint density at radius 3 is 2.07 bits per heavy atom. The van der Waals surface area contributed by atoms with Gasteiger partial charge in [0.15, 0.2) is 11.4 Å². The molecule has 5 rings (SSSR count). The van der Waals surface area contributed by atoms with E-state index in [0.29, 0.717) is 44.2 Å². The van der Waals surface area contributed by atoms with Crippen molar-refractivity contribution in [2.75, 3.05) is 30.9 Å². The van der Waals surface area contributed by atoms with Crippen molar-refractivity contribution in [3.63, 3.8) is 0 Å². The third-order valence-electron chi connectivity index (χ3n) is 9.87. The monoisotopic (exact) mass is 766 g/mol. The molecule has 0 aromatic heterocycles. The van der Waals surface area contributed by atoms with Crippen molar-refractivity contribution in [1.29, 1.82) is 0 Å². The van der Waals surface area contributed by atoms with E-state index >= 15 is 0 Å². The predicted octanol–water partition coefficient (Wildman–Crippen LogP) is 6.50. The van der Waals surface area contributed by atoms with E-state index in [1.165, 1.54) is 26.0 Å². The van der Waals surface area contributed by atoms with Crippen LogP contribution in [-0.4, -0.2) is 63.7 Å². The first-order valence-corrected chi connectivity index (χ1v) is 20.3. The zero-order valence-electron chi connectivity index (χ0n) is 31.6. The molecule has 0 radical (unpaired) electrons. The van der Waals surface area contributed by atoms with Crippen LogP contribution in [-0.2, 0) is 56.2 Å². The minimum Gasteiger partial charge on any atom is -0.458 e. The van der Waals surface area contributed by atoms with Crippen LogP contribution in [0.4, 0.5) is 10.1 Å². The lowest BCUT2D eigenvalue weighted by Crippen LogP contribution is -2.55. The number of nitrogens with zero attached hydrogens (tertiary/aromatic N) is 1. The van der Waals surface area contributed by atoms with Crippen molar-refractivity contribution < 1.29 is 46.1 Å². The summed E-state index contributed by atoms with van der Waals surface area (Å²) >= 11 is 0. The summed E-state index contributed by atoms with van der Waals surface area (Å²) in [5, 5.41) is 0. The number of benzene rings is 3. The molecule has 2 saturated heterocycles. The average molecular weight is 767 g/mol. The second-order valence-corrected chi connectivity index (χ2v) is 16.6. The Hall–Kier alpha value is -4.17. The quantitative estimate of drug-likeness (QED) is 0.0927. The van der Waals surface area contributed by atoms with Gasteiger partial charge in [-0.25, -0.2) is 17.5 Å². The minimum absolute atomic E-state index is 0.0503. The van der Waals surface area contributed by atoms with Crippen LogP contribution in [0.1, 0.15) is 94.2 Å². The first-order chi connectivity index (χ1) is 25.5. The molecule has 2 unspecified atom stereocenters. The van der Waals surface area contributed by atoms with Crippen molar-refractivity contribution in [1.82, 2.24) is 4.72 Å². The lowest BCUT2D eigenvalue weighted by molar-refractivity contribution is -0.305. The Labute approximate surface area is 317 Å². The Balaban J connectivity index is 1.31. The Morgan fingerprint density at radius 1 is 0.907 bits per heavy atom. The zero-order chi connectivity index (χ0) is 39.1. The van der Waals surface area contributed by atoms with Gasteiger partial charge in [0.1, 0.15) is 11.9 Å². The number of carbonyl (C=O) groups is 3. The molecule has 0 saturated carbocycles. The number of halogens is 1. The molecule has 11 nitrogen and oxygen atoms in total. The molecule has 2 aliphatic heterocycles. The van der Waals surface area contributed by atoms with Crippen molar-refractivity contribution >= 4 is 33.6 Å². The summed E-state index contributed by atoms with van der Waals surface area (Å²) in [4.78, 5) is 39.6. The van der Waals surface area contributed by atoms with E-state index in [4.69, 9.17) is 18.9 Å². The number of amides is 1. The molecule has 292 valence electrons. The normalized spacial score (nSPS) is 19.8. The van der Waals surface area contributed by atoms with Crippen molar-refractivity contribution in [3.05, 3.63) is 101 Å². The summed E-state index contributed by atoms with van der Waals surface area (Å²) in [7, 11) is -3.25. The highest BCUT2D eigenvalue weighted by Crippen LogP contribution is 2.47. The van der Waals surface area contributed by atoms with E-state index in [9.17, 15) is 27.2 Å². The van der Waals surface area contributed by atoms with Crippen LogP contribution >= 0.6 is 0 Å². The van der Waals surface area contributed by atoms with E-state index in [2.05, 4.69) is 16.9 Å². The number of carbonyl (C=O) groups excluding carboxylic acids is 3. The van der Waals surface area contributed by atoms with Gasteiger partial charge in [-0.05, 0) is 105 Å². The van der Waals surface area contributed by atoms with E-state index in [1.807, 2.05) is 50.2 Å². The molecular formula is C41H51FN2O9S. The summed E-state index contributed by atoms with van der Waals surface area (Å²) in [6, 6.07) is 21.5. The third kappa shape index (κ3) is 11.2. The summed E-state index contributed by atoms with van der Waals surface area (Å²) in [5.74, 6) is -2.42. The molecule has 0 bridgehead atoms. The van der Waals surface area contributed by atoms with E-state index in [1.54, 1.807) is 17.0 Å². The van der Waals surface area contributed by atoms with Crippen LogP contribution in [0, 0.1) is 11.7 Å². The average Bonchev–Trinajstić information content (AvgIpc) is 3.10. The van der Waals surface area contributed by atoms with Gasteiger partial charge in [-0.1, -0.05) is 48.5 Å². The fraction of sp³-hybridized carbons (Fsp3) is 0.488. The van der Waals surface area contributed by atoms with Crippen molar-refractivity contribution in [2.24, 2.45) is 5.92 Å². The number of ether oxygens (including phenoxy) is 4. The molecule has 3 aromatic carbocycles. The van der Waals surface area contributed by atoms with Crippen molar-refractivity contribution in [2.45, 2.75) is 96.2 Å². The van der Waals surface area contributed by atoms with Gasteiger partial charge in [0, 0.05) is 26.1 Å². The highest BCUT2D eigenvalue weighted by atomic mass is 32.2. The molecule has 3 aromatic rings. The maximum absolute atomic E-state index is 13.9. The number of nitrogens with one attached hydrogen (secondary N) is 1. The fourth-order valence-electron chi connectivity index (χ4n) is 7.12. The molecule has 13 heteroatoms. The number of β-lactam (4-membered cyclic amide) rings is 1. The standard InChI is InChI=1S/C41H51FN2O9S/c1-28(45)52-37(32-16-18-34(42)19-17-32)23-22-36-38(44(39(36)47)35-20-12-31(13-21-35)9-7-25-43-54(5,48)49)33-14-10-30(11-15-33)8-6-24-41(53-29(2)46)26-50-40(3,4)51-27-41/h10-21,36-38,43H,6-9,22-27H2,1-5H3/t36?,37-,38?/m0/s1. The van der Waals surface area contributed by atoms with Crippen LogP contribution < -0.4 is 9.62 Å². The van der Waals surface area contributed by atoms with Gasteiger partial charge < -0.3 is 23.8 Å². The molecule has 54 heavy (non-hydrogen) atoms. The maximum atomic E-state index is 13.9. The van der Waals surface area contributed by atoms with Gasteiger partial charge in [-0.3, -0.25) is 14.4 Å².